The third kappa shape index (κ3) is 7.88. The molecule has 1 aliphatic heterocycles. The Kier molecular flexibility index (Phi) is 9.20. The van der Waals surface area contributed by atoms with Gasteiger partial charge in [-0.1, -0.05) is 36.4 Å². The minimum Gasteiger partial charge on any atom is -0.758 e. The molecule has 2 aromatic carbocycles. The van der Waals surface area contributed by atoms with E-state index in [1.54, 1.807) is 33.8 Å². The Morgan fingerprint density at radius 2 is 1.92 bits per heavy atom. The predicted octanol–water partition coefficient (Wildman–Crippen LogP) is 4.69. The summed E-state index contributed by atoms with van der Waals surface area (Å²) in [5.41, 5.74) is 2.12. The molecule has 0 radical (unpaired) electrons. The highest BCUT2D eigenvalue weighted by molar-refractivity contribution is 5.85. The number of benzene rings is 2. The fraction of sp³-hybridized carbons (Fsp3) is 0.500. The number of anilines is 1. The van der Waals surface area contributed by atoms with Crippen LogP contribution in [0.3, 0.4) is 0 Å². The van der Waals surface area contributed by atoms with Crippen molar-refractivity contribution >= 4 is 17.7 Å². The molecule has 2 amide bonds. The van der Waals surface area contributed by atoms with Crippen LogP contribution < -0.4 is 15.1 Å². The molecule has 8 heteroatoms. The van der Waals surface area contributed by atoms with Crippen LogP contribution in [0.5, 0.6) is 5.75 Å². The van der Waals surface area contributed by atoms with Crippen molar-refractivity contribution in [2.75, 3.05) is 25.3 Å². The molecule has 1 heterocycles. The van der Waals surface area contributed by atoms with E-state index >= 15 is 0 Å². The lowest BCUT2D eigenvalue weighted by atomic mass is 10.1. The van der Waals surface area contributed by atoms with Crippen LogP contribution in [0.4, 0.5) is 10.5 Å². The number of rotatable bonds is 8. The molecule has 196 valence electrons. The average molecular weight is 497 g/mol. The Hall–Kier alpha value is -3.26. The third-order valence-electron chi connectivity index (χ3n) is 6.18. The van der Waals surface area contributed by atoms with Crippen molar-refractivity contribution in [3.63, 3.8) is 0 Å². The van der Waals surface area contributed by atoms with Crippen LogP contribution in [-0.2, 0) is 22.4 Å². The zero-order chi connectivity index (χ0) is 26.3. The number of hydrogen-bond donors (Lipinski definition) is 1. The van der Waals surface area contributed by atoms with Crippen molar-refractivity contribution < 1.29 is 19.1 Å². The van der Waals surface area contributed by atoms with Gasteiger partial charge in [0.05, 0.1) is 6.61 Å². The molecule has 1 unspecified atom stereocenters. The van der Waals surface area contributed by atoms with Gasteiger partial charge >= 0.3 is 6.09 Å². The first kappa shape index (κ1) is 27.3. The smallest absolute Gasteiger partial charge is 0.410 e. The summed E-state index contributed by atoms with van der Waals surface area (Å²) < 4.78 is 11.3. The summed E-state index contributed by atoms with van der Waals surface area (Å²) in [4.78, 5) is 26.4. The normalized spacial score (nSPS) is 16.4. The number of hydroxylamine groups is 1. The highest BCUT2D eigenvalue weighted by Crippen LogP contribution is 2.30. The van der Waals surface area contributed by atoms with E-state index in [-0.39, 0.29) is 18.5 Å². The fourth-order valence-corrected chi connectivity index (χ4v) is 4.02. The van der Waals surface area contributed by atoms with E-state index in [0.29, 0.717) is 30.9 Å². The number of nitrogens with one attached hydrogen (secondary N) is 1. The number of aryl methyl sites for hydroxylation is 2. The van der Waals surface area contributed by atoms with Gasteiger partial charge in [-0.3, -0.25) is 9.69 Å². The van der Waals surface area contributed by atoms with Crippen LogP contribution in [0.15, 0.2) is 48.5 Å². The third-order valence-corrected chi connectivity index (χ3v) is 6.18. The molecule has 36 heavy (non-hydrogen) atoms. The van der Waals surface area contributed by atoms with E-state index in [1.165, 1.54) is 17.5 Å². The molecule has 8 nitrogen and oxygen atoms in total. The van der Waals surface area contributed by atoms with Crippen molar-refractivity contribution in [1.29, 1.82) is 0 Å². The van der Waals surface area contributed by atoms with Crippen LogP contribution in [0.25, 0.3) is 0 Å². The maximum absolute atomic E-state index is 13.0. The molecular formula is C28H38N3O5-. The molecular weight excluding hydrogens is 458 g/mol. The maximum atomic E-state index is 13.0. The average Bonchev–Trinajstić information content (AvgIpc) is 2.98. The monoisotopic (exact) mass is 496 g/mol. The summed E-state index contributed by atoms with van der Waals surface area (Å²) in [6.45, 7) is 7.65. The first-order valence-electron chi connectivity index (χ1n) is 12.5. The number of nitrogens with zero attached hydrogens (tertiary/aromatic N) is 2. The van der Waals surface area contributed by atoms with E-state index in [1.807, 2.05) is 30.3 Å². The van der Waals surface area contributed by atoms with Crippen LogP contribution in [0.1, 0.15) is 51.7 Å². The zero-order valence-corrected chi connectivity index (χ0v) is 22.0. The van der Waals surface area contributed by atoms with Crippen molar-refractivity contribution in [2.45, 2.75) is 71.1 Å². The predicted molar refractivity (Wildman–Crippen MR) is 141 cm³/mol. The Bertz CT molecular complexity index is 1020. The molecule has 0 bridgehead atoms. The van der Waals surface area contributed by atoms with Gasteiger partial charge in [-0.15, -0.1) is 0 Å². The summed E-state index contributed by atoms with van der Waals surface area (Å²) in [6.07, 6.45) is 2.52. The van der Waals surface area contributed by atoms with Gasteiger partial charge in [-0.05, 0) is 70.6 Å². The highest BCUT2D eigenvalue weighted by Gasteiger charge is 2.29. The molecule has 0 aliphatic carbocycles. The Labute approximate surface area is 214 Å². The van der Waals surface area contributed by atoms with Gasteiger partial charge in [0.15, 0.2) is 0 Å². The van der Waals surface area contributed by atoms with E-state index in [9.17, 15) is 14.8 Å². The Morgan fingerprint density at radius 1 is 1.19 bits per heavy atom. The van der Waals surface area contributed by atoms with E-state index in [2.05, 4.69) is 17.4 Å². The molecule has 1 aliphatic rings. The lowest BCUT2D eigenvalue weighted by molar-refractivity contribution is -0.126. The van der Waals surface area contributed by atoms with Gasteiger partial charge in [0.2, 0.25) is 5.91 Å². The first-order valence-corrected chi connectivity index (χ1v) is 12.5. The number of amides is 2. The molecule has 3 rings (SSSR count). The number of hydrogen-bond acceptors (Lipinski definition) is 6. The molecule has 2 aromatic rings. The molecule has 0 saturated carbocycles. The summed E-state index contributed by atoms with van der Waals surface area (Å²) in [7, 11) is 1.53. The van der Waals surface area contributed by atoms with Crippen LogP contribution in [0, 0.1) is 5.21 Å². The Balaban J connectivity index is 1.52. The van der Waals surface area contributed by atoms with E-state index in [0.717, 1.165) is 23.5 Å². The van der Waals surface area contributed by atoms with Crippen molar-refractivity contribution in [3.8, 4) is 5.75 Å². The minimum atomic E-state index is -0.735. The number of fused-ring (bicyclic) bond motifs is 1. The molecule has 0 saturated heterocycles. The second-order valence-electron chi connectivity index (χ2n) is 10.3. The number of carbonyl (C=O) groups is 2. The second kappa shape index (κ2) is 12.1. The zero-order valence-electron chi connectivity index (χ0n) is 22.0. The fourth-order valence-electron chi connectivity index (χ4n) is 4.02. The first-order chi connectivity index (χ1) is 17.0. The topological polar surface area (TPSA) is 94.2 Å². The van der Waals surface area contributed by atoms with Crippen LogP contribution >= 0.6 is 0 Å². The van der Waals surface area contributed by atoms with Gasteiger partial charge in [0, 0.05) is 31.4 Å². The molecule has 1 N–H and O–H groups in total. The van der Waals surface area contributed by atoms with Gasteiger partial charge in [-0.25, -0.2) is 4.79 Å². The summed E-state index contributed by atoms with van der Waals surface area (Å²) >= 11 is 0. The van der Waals surface area contributed by atoms with Crippen molar-refractivity contribution in [1.82, 2.24) is 10.2 Å². The van der Waals surface area contributed by atoms with Gasteiger partial charge in [0.25, 0.3) is 0 Å². The minimum absolute atomic E-state index is 0.124. The SMILES string of the molecule is C[C@@H](C(=O)NC1CCc2ccc(OCCCc3ccccc3)cc2N([O-])C1)N(C)C(=O)OC(C)(C)C. The van der Waals surface area contributed by atoms with Gasteiger partial charge in [0.1, 0.15) is 17.4 Å². The summed E-state index contributed by atoms with van der Waals surface area (Å²) in [5.74, 6) is 0.341. The molecule has 0 aromatic heterocycles. The summed E-state index contributed by atoms with van der Waals surface area (Å²) in [6, 6.07) is 14.8. The van der Waals surface area contributed by atoms with Crippen molar-refractivity contribution in [2.24, 2.45) is 0 Å². The Morgan fingerprint density at radius 3 is 2.61 bits per heavy atom. The number of ether oxygens (including phenoxy) is 2. The lowest BCUT2D eigenvalue weighted by Gasteiger charge is -2.34. The van der Waals surface area contributed by atoms with Crippen LogP contribution in [-0.4, -0.2) is 54.8 Å². The lowest BCUT2D eigenvalue weighted by Crippen LogP contribution is -2.51. The summed E-state index contributed by atoms with van der Waals surface area (Å²) in [5, 5.41) is 16.8. The maximum Gasteiger partial charge on any atom is 0.410 e. The quantitative estimate of drug-likeness (QED) is 0.533. The van der Waals surface area contributed by atoms with Crippen molar-refractivity contribution in [3.05, 3.63) is 64.9 Å². The van der Waals surface area contributed by atoms with Crippen LogP contribution in [0.2, 0.25) is 0 Å². The molecule has 0 fully saturated rings. The standard InChI is InChI=1S/C28H38N3O5/c1-20(30(5)27(33)36-28(2,3)4)26(32)29-23-15-13-22-14-16-24(18-25(22)31(34)19-23)35-17-9-12-21-10-7-6-8-11-21/h6-8,10-11,14,16,18,20,23H,9,12-13,15,17,19H2,1-5H3,(H,29,32)/q-1/t20-,23?/m0/s1. The highest BCUT2D eigenvalue weighted by atomic mass is 16.6. The largest absolute Gasteiger partial charge is 0.758 e. The van der Waals surface area contributed by atoms with Gasteiger partial charge in [-0.2, -0.15) is 0 Å². The second-order valence-corrected chi connectivity index (χ2v) is 10.3. The molecule has 2 atom stereocenters. The van der Waals surface area contributed by atoms with E-state index < -0.39 is 17.7 Å². The molecule has 0 spiro atoms. The number of carbonyl (C=O) groups excluding carboxylic acids is 2. The van der Waals surface area contributed by atoms with E-state index in [4.69, 9.17) is 9.47 Å². The van der Waals surface area contributed by atoms with Gasteiger partial charge < -0.3 is 25.1 Å². The number of likely N-dealkylation sites (N-methyl/N-ethyl adjacent to an activating group) is 1.